The molecule has 7 heteroatoms. The highest BCUT2D eigenvalue weighted by molar-refractivity contribution is 6.31. The summed E-state index contributed by atoms with van der Waals surface area (Å²) in [6, 6.07) is 13.5. The summed E-state index contributed by atoms with van der Waals surface area (Å²) in [5.41, 5.74) is 0.770. The highest BCUT2D eigenvalue weighted by Gasteiger charge is 2.29. The topological polar surface area (TPSA) is 58.6 Å². The minimum Gasteiger partial charge on any atom is -0.484 e. The van der Waals surface area contributed by atoms with E-state index in [0.717, 1.165) is 12.0 Å². The first kappa shape index (κ1) is 23.0. The van der Waals surface area contributed by atoms with Gasteiger partial charge < -0.3 is 15.0 Å². The monoisotopic (exact) mass is 436 g/mol. The van der Waals surface area contributed by atoms with Gasteiger partial charge in [0.15, 0.2) is 6.61 Å². The summed E-state index contributed by atoms with van der Waals surface area (Å²) in [6.07, 6.45) is 1.29. The zero-order chi connectivity index (χ0) is 21.2. The van der Waals surface area contributed by atoms with Crippen molar-refractivity contribution < 1.29 is 14.3 Å². The first-order valence-electron chi connectivity index (χ1n) is 9.65. The Balaban J connectivity index is 2.20. The number of amides is 2. The van der Waals surface area contributed by atoms with Crippen LogP contribution in [0.4, 0.5) is 0 Å². The van der Waals surface area contributed by atoms with Crippen LogP contribution in [0.2, 0.25) is 10.0 Å². The average molecular weight is 437 g/mol. The summed E-state index contributed by atoms with van der Waals surface area (Å²) in [4.78, 5) is 27.2. The van der Waals surface area contributed by atoms with Crippen molar-refractivity contribution in [3.63, 3.8) is 0 Å². The van der Waals surface area contributed by atoms with E-state index in [4.69, 9.17) is 27.9 Å². The number of nitrogens with zero attached hydrogens (tertiary/aromatic N) is 1. The molecule has 1 atom stereocenters. The second-order valence-electron chi connectivity index (χ2n) is 6.57. The molecule has 2 amide bonds. The van der Waals surface area contributed by atoms with E-state index in [1.165, 1.54) is 4.90 Å². The number of hydrogen-bond acceptors (Lipinski definition) is 3. The largest absolute Gasteiger partial charge is 0.484 e. The first-order chi connectivity index (χ1) is 14.0. The van der Waals surface area contributed by atoms with Crippen LogP contribution in [0.3, 0.4) is 0 Å². The number of hydrogen-bond donors (Lipinski definition) is 1. The van der Waals surface area contributed by atoms with Gasteiger partial charge in [0.25, 0.3) is 5.91 Å². The van der Waals surface area contributed by atoms with Crippen LogP contribution in [0.1, 0.15) is 32.3 Å². The van der Waals surface area contributed by atoms with Gasteiger partial charge in [0.05, 0.1) is 0 Å². The van der Waals surface area contributed by atoms with E-state index in [0.29, 0.717) is 28.8 Å². The van der Waals surface area contributed by atoms with Crippen LogP contribution in [-0.2, 0) is 16.1 Å². The summed E-state index contributed by atoms with van der Waals surface area (Å²) in [7, 11) is 0. The average Bonchev–Trinajstić information content (AvgIpc) is 2.71. The molecular formula is C22H26Cl2N2O3. The van der Waals surface area contributed by atoms with Crippen molar-refractivity contribution in [3.8, 4) is 5.75 Å². The van der Waals surface area contributed by atoms with Crippen LogP contribution in [0.15, 0.2) is 48.5 Å². The van der Waals surface area contributed by atoms with Gasteiger partial charge in [0.1, 0.15) is 11.8 Å². The van der Waals surface area contributed by atoms with Gasteiger partial charge in [0, 0.05) is 23.1 Å². The highest BCUT2D eigenvalue weighted by Crippen LogP contribution is 2.21. The van der Waals surface area contributed by atoms with Crippen molar-refractivity contribution in [2.75, 3.05) is 13.2 Å². The van der Waals surface area contributed by atoms with E-state index >= 15 is 0 Å². The van der Waals surface area contributed by atoms with Gasteiger partial charge in [-0.25, -0.2) is 0 Å². The van der Waals surface area contributed by atoms with E-state index in [2.05, 4.69) is 5.32 Å². The summed E-state index contributed by atoms with van der Waals surface area (Å²) in [6.45, 7) is 4.42. The molecule has 0 aromatic heterocycles. The van der Waals surface area contributed by atoms with Gasteiger partial charge in [0.2, 0.25) is 5.91 Å². The van der Waals surface area contributed by atoms with Gasteiger partial charge in [-0.05, 0) is 42.7 Å². The van der Waals surface area contributed by atoms with E-state index < -0.39 is 6.04 Å². The SMILES string of the molecule is CCCNC(=O)[C@@H](CC)N(Cc1ccccc1Cl)C(=O)COc1cccc(Cl)c1. The van der Waals surface area contributed by atoms with Crippen LogP contribution in [0.5, 0.6) is 5.75 Å². The van der Waals surface area contributed by atoms with Gasteiger partial charge in [-0.3, -0.25) is 9.59 Å². The molecule has 156 valence electrons. The van der Waals surface area contributed by atoms with E-state index in [1.807, 2.05) is 32.0 Å². The van der Waals surface area contributed by atoms with E-state index in [-0.39, 0.29) is 25.0 Å². The van der Waals surface area contributed by atoms with Crippen molar-refractivity contribution in [2.45, 2.75) is 39.3 Å². The Morgan fingerprint density at radius 1 is 1.10 bits per heavy atom. The Kier molecular flexibility index (Phi) is 9.29. The van der Waals surface area contributed by atoms with Crippen LogP contribution >= 0.6 is 23.2 Å². The minimum atomic E-state index is -0.617. The van der Waals surface area contributed by atoms with Gasteiger partial charge in [-0.1, -0.05) is 61.3 Å². The molecule has 0 aliphatic rings. The van der Waals surface area contributed by atoms with Crippen molar-refractivity contribution in [1.29, 1.82) is 0 Å². The number of rotatable bonds is 10. The zero-order valence-electron chi connectivity index (χ0n) is 16.7. The third kappa shape index (κ3) is 6.94. The molecule has 0 heterocycles. The predicted molar refractivity (Wildman–Crippen MR) is 116 cm³/mol. The maximum Gasteiger partial charge on any atom is 0.261 e. The fourth-order valence-corrected chi connectivity index (χ4v) is 3.26. The fraction of sp³-hybridized carbons (Fsp3) is 0.364. The summed E-state index contributed by atoms with van der Waals surface area (Å²) in [5, 5.41) is 3.94. The standard InChI is InChI=1S/C22H26Cl2N2O3/c1-3-12-25-22(28)20(4-2)26(14-16-8-5-6-11-19(16)24)21(27)15-29-18-10-7-9-17(23)13-18/h5-11,13,20H,3-4,12,14-15H2,1-2H3,(H,25,28)/t20-/m1/s1. The molecule has 5 nitrogen and oxygen atoms in total. The van der Waals surface area contributed by atoms with Crippen molar-refractivity contribution >= 4 is 35.0 Å². The number of carbonyl (C=O) groups is 2. The third-order valence-corrected chi connectivity index (χ3v) is 5.00. The van der Waals surface area contributed by atoms with Gasteiger partial charge in [-0.2, -0.15) is 0 Å². The molecule has 0 aliphatic heterocycles. The number of ether oxygens (including phenoxy) is 1. The van der Waals surface area contributed by atoms with Crippen LogP contribution in [0.25, 0.3) is 0 Å². The Labute approximate surface area is 181 Å². The molecule has 29 heavy (non-hydrogen) atoms. The summed E-state index contributed by atoms with van der Waals surface area (Å²) in [5.74, 6) is 0.00734. The zero-order valence-corrected chi connectivity index (χ0v) is 18.2. The molecular weight excluding hydrogens is 411 g/mol. The molecule has 2 aromatic carbocycles. The van der Waals surface area contributed by atoms with Crippen molar-refractivity contribution in [3.05, 3.63) is 64.1 Å². The van der Waals surface area contributed by atoms with Gasteiger partial charge >= 0.3 is 0 Å². The second kappa shape index (κ2) is 11.7. The van der Waals surface area contributed by atoms with Crippen molar-refractivity contribution in [2.24, 2.45) is 0 Å². The molecule has 1 N–H and O–H groups in total. The Morgan fingerprint density at radius 3 is 2.52 bits per heavy atom. The maximum absolute atomic E-state index is 13.0. The smallest absolute Gasteiger partial charge is 0.261 e. The molecule has 0 radical (unpaired) electrons. The molecule has 2 rings (SSSR count). The maximum atomic E-state index is 13.0. The Morgan fingerprint density at radius 2 is 1.86 bits per heavy atom. The lowest BCUT2D eigenvalue weighted by Crippen LogP contribution is -2.50. The normalized spacial score (nSPS) is 11.6. The molecule has 0 saturated heterocycles. The molecule has 0 unspecified atom stereocenters. The first-order valence-corrected chi connectivity index (χ1v) is 10.4. The third-order valence-electron chi connectivity index (χ3n) is 4.39. The Hall–Kier alpha value is -2.24. The lowest BCUT2D eigenvalue weighted by atomic mass is 10.1. The van der Waals surface area contributed by atoms with E-state index in [9.17, 15) is 9.59 Å². The number of halogens is 2. The minimum absolute atomic E-state index is 0.183. The number of nitrogens with one attached hydrogen (secondary N) is 1. The van der Waals surface area contributed by atoms with Crippen molar-refractivity contribution in [1.82, 2.24) is 10.2 Å². The lowest BCUT2D eigenvalue weighted by Gasteiger charge is -2.30. The van der Waals surface area contributed by atoms with Crippen LogP contribution in [-0.4, -0.2) is 35.9 Å². The molecule has 0 bridgehead atoms. The molecule has 2 aromatic rings. The van der Waals surface area contributed by atoms with E-state index in [1.54, 1.807) is 30.3 Å². The lowest BCUT2D eigenvalue weighted by molar-refractivity contribution is -0.143. The Bertz CT molecular complexity index is 829. The molecule has 0 spiro atoms. The summed E-state index contributed by atoms with van der Waals surface area (Å²) >= 11 is 12.3. The molecule has 0 aliphatic carbocycles. The second-order valence-corrected chi connectivity index (χ2v) is 7.42. The van der Waals surface area contributed by atoms with Crippen LogP contribution < -0.4 is 10.1 Å². The molecule has 0 fully saturated rings. The highest BCUT2D eigenvalue weighted by atomic mass is 35.5. The number of benzene rings is 2. The predicted octanol–water partition coefficient (Wildman–Crippen LogP) is 4.71. The quantitative estimate of drug-likeness (QED) is 0.586. The van der Waals surface area contributed by atoms with Gasteiger partial charge in [-0.15, -0.1) is 0 Å². The number of carbonyl (C=O) groups excluding carboxylic acids is 2. The molecule has 0 saturated carbocycles. The van der Waals surface area contributed by atoms with Crippen LogP contribution in [0, 0.1) is 0 Å². The fourth-order valence-electron chi connectivity index (χ4n) is 2.88. The summed E-state index contributed by atoms with van der Waals surface area (Å²) < 4.78 is 5.61.